The number of ether oxygens (including phenoxy) is 1. The third-order valence-corrected chi connectivity index (χ3v) is 5.04. The number of carbonyl (C=O) groups excluding carboxylic acids is 1. The van der Waals surface area contributed by atoms with Gasteiger partial charge in [-0.3, -0.25) is 9.20 Å². The van der Waals surface area contributed by atoms with Crippen molar-refractivity contribution in [2.24, 2.45) is 0 Å². The molecule has 0 unspecified atom stereocenters. The van der Waals surface area contributed by atoms with Gasteiger partial charge in [0, 0.05) is 30.4 Å². The molecule has 4 aromatic rings. The van der Waals surface area contributed by atoms with Crippen molar-refractivity contribution in [3.8, 4) is 17.0 Å². The first-order valence-corrected chi connectivity index (χ1v) is 9.15. The van der Waals surface area contributed by atoms with Gasteiger partial charge in [-0.2, -0.15) is 0 Å². The van der Waals surface area contributed by atoms with Gasteiger partial charge in [0.1, 0.15) is 17.8 Å². The van der Waals surface area contributed by atoms with E-state index in [9.17, 15) is 4.79 Å². The molecule has 0 fully saturated rings. The Hall–Kier alpha value is -3.26. The summed E-state index contributed by atoms with van der Waals surface area (Å²) in [5, 5.41) is 1.83. The van der Waals surface area contributed by atoms with Crippen LogP contribution in [0.3, 0.4) is 0 Å². The predicted octanol–water partition coefficient (Wildman–Crippen LogP) is 3.13. The van der Waals surface area contributed by atoms with Crippen LogP contribution in [-0.2, 0) is 6.54 Å². The smallest absolute Gasteiger partial charge is 0.271 e. The van der Waals surface area contributed by atoms with Gasteiger partial charge in [-0.25, -0.2) is 15.0 Å². The lowest BCUT2D eigenvalue weighted by molar-refractivity contribution is 0.0777. The van der Waals surface area contributed by atoms with Crippen LogP contribution in [0.2, 0.25) is 0 Å². The van der Waals surface area contributed by atoms with Crippen LogP contribution in [0.5, 0.6) is 5.75 Å². The second-order valence-corrected chi connectivity index (χ2v) is 6.80. The molecule has 3 aromatic heterocycles. The molecule has 0 aliphatic carbocycles. The molecule has 0 N–H and O–H groups in total. The summed E-state index contributed by atoms with van der Waals surface area (Å²) in [6.07, 6.45) is 5.01. The number of carbonyl (C=O) groups is 1. The zero-order valence-electron chi connectivity index (χ0n) is 14.9. The fourth-order valence-corrected chi connectivity index (χ4v) is 3.69. The van der Waals surface area contributed by atoms with Gasteiger partial charge >= 0.3 is 0 Å². The van der Waals surface area contributed by atoms with E-state index in [-0.39, 0.29) is 5.91 Å². The molecular weight excluding hydrogens is 362 g/mol. The summed E-state index contributed by atoms with van der Waals surface area (Å²) in [6, 6.07) is 9.49. The third kappa shape index (κ3) is 3.26. The molecular formula is C19H17N5O2S. The fourth-order valence-electron chi connectivity index (χ4n) is 2.85. The molecule has 0 radical (unpaired) electrons. The molecule has 0 spiro atoms. The normalized spacial score (nSPS) is 10.9. The largest absolute Gasteiger partial charge is 0.496 e. The molecule has 0 aliphatic heterocycles. The molecule has 136 valence electrons. The van der Waals surface area contributed by atoms with E-state index in [1.54, 1.807) is 31.3 Å². The highest BCUT2D eigenvalue weighted by atomic mass is 32.1. The molecule has 0 aliphatic rings. The summed E-state index contributed by atoms with van der Waals surface area (Å²) in [6.45, 7) is 0.409. The second kappa shape index (κ2) is 7.16. The van der Waals surface area contributed by atoms with Gasteiger partial charge in [0.25, 0.3) is 5.91 Å². The number of aromatic nitrogens is 4. The maximum absolute atomic E-state index is 12.9. The molecule has 7 nitrogen and oxygen atoms in total. The average Bonchev–Trinajstić information content (AvgIpc) is 3.29. The van der Waals surface area contributed by atoms with Crippen molar-refractivity contribution in [2.75, 3.05) is 14.2 Å². The van der Waals surface area contributed by atoms with E-state index >= 15 is 0 Å². The van der Waals surface area contributed by atoms with E-state index < -0.39 is 0 Å². The number of methoxy groups -OCH3 is 1. The van der Waals surface area contributed by atoms with Crippen LogP contribution in [0, 0.1) is 0 Å². The number of rotatable bonds is 5. The highest BCUT2D eigenvalue weighted by molar-refractivity contribution is 7.15. The van der Waals surface area contributed by atoms with Crippen molar-refractivity contribution in [1.29, 1.82) is 0 Å². The number of thiazole rings is 1. The van der Waals surface area contributed by atoms with Crippen molar-refractivity contribution in [2.45, 2.75) is 6.54 Å². The Morgan fingerprint density at radius 1 is 1.30 bits per heavy atom. The first-order valence-electron chi connectivity index (χ1n) is 8.27. The maximum atomic E-state index is 12.9. The first-order chi connectivity index (χ1) is 13.2. The molecule has 3 heterocycles. The fraction of sp³-hybridized carbons (Fsp3) is 0.158. The Labute approximate surface area is 159 Å². The summed E-state index contributed by atoms with van der Waals surface area (Å²) in [5.74, 6) is 0.654. The number of amides is 1. The van der Waals surface area contributed by atoms with Crippen LogP contribution < -0.4 is 4.74 Å². The summed E-state index contributed by atoms with van der Waals surface area (Å²) in [5.41, 5.74) is 3.02. The van der Waals surface area contributed by atoms with Gasteiger partial charge in [0.2, 0.25) is 0 Å². The monoisotopic (exact) mass is 379 g/mol. The van der Waals surface area contributed by atoms with Crippen LogP contribution in [-0.4, -0.2) is 44.3 Å². The van der Waals surface area contributed by atoms with Gasteiger partial charge in [0.15, 0.2) is 4.96 Å². The minimum Gasteiger partial charge on any atom is -0.496 e. The lowest BCUT2D eigenvalue weighted by Gasteiger charge is -2.15. The van der Waals surface area contributed by atoms with E-state index in [2.05, 4.69) is 15.0 Å². The quantitative estimate of drug-likeness (QED) is 0.533. The van der Waals surface area contributed by atoms with Crippen molar-refractivity contribution in [3.05, 3.63) is 65.8 Å². The van der Waals surface area contributed by atoms with Crippen molar-refractivity contribution in [3.63, 3.8) is 0 Å². The third-order valence-electron chi connectivity index (χ3n) is 4.20. The minimum absolute atomic E-state index is 0.0937. The number of fused-ring (bicyclic) bond motifs is 1. The van der Waals surface area contributed by atoms with Gasteiger partial charge in [-0.05, 0) is 18.2 Å². The number of para-hydroxylation sites is 1. The van der Waals surface area contributed by atoms with E-state index in [0.717, 1.165) is 27.7 Å². The van der Waals surface area contributed by atoms with Gasteiger partial charge in [-0.15, -0.1) is 11.3 Å². The Morgan fingerprint density at radius 3 is 2.93 bits per heavy atom. The maximum Gasteiger partial charge on any atom is 0.271 e. The molecule has 0 saturated heterocycles. The van der Waals surface area contributed by atoms with Crippen LogP contribution in [0.1, 0.15) is 16.2 Å². The zero-order chi connectivity index (χ0) is 18.8. The minimum atomic E-state index is -0.0937. The van der Waals surface area contributed by atoms with Crippen molar-refractivity contribution < 1.29 is 9.53 Å². The standard InChI is InChI=1S/C19H17N5O2S/c1-23(9-13-7-8-20-12-21-13)18(25)16-11-27-19-22-15(10-24(16)19)14-5-3-4-6-17(14)26-2/h3-8,10-12H,9H2,1-2H3. The zero-order valence-corrected chi connectivity index (χ0v) is 15.7. The highest BCUT2D eigenvalue weighted by Crippen LogP contribution is 2.30. The summed E-state index contributed by atoms with van der Waals surface area (Å²) in [7, 11) is 3.39. The Bertz CT molecular complexity index is 1090. The molecule has 1 amide bonds. The van der Waals surface area contributed by atoms with Crippen LogP contribution in [0.25, 0.3) is 16.2 Å². The van der Waals surface area contributed by atoms with Crippen molar-refractivity contribution in [1.82, 2.24) is 24.3 Å². The van der Waals surface area contributed by atoms with E-state index in [1.807, 2.05) is 40.2 Å². The first kappa shape index (κ1) is 17.2. The van der Waals surface area contributed by atoms with Crippen molar-refractivity contribution >= 4 is 22.2 Å². The molecule has 4 rings (SSSR count). The number of hydrogen-bond donors (Lipinski definition) is 0. The molecule has 1 aromatic carbocycles. The number of benzene rings is 1. The average molecular weight is 379 g/mol. The van der Waals surface area contributed by atoms with Crippen LogP contribution >= 0.6 is 11.3 Å². The number of hydrogen-bond acceptors (Lipinski definition) is 6. The topological polar surface area (TPSA) is 72.6 Å². The lowest BCUT2D eigenvalue weighted by atomic mass is 10.1. The highest BCUT2D eigenvalue weighted by Gasteiger charge is 2.19. The lowest BCUT2D eigenvalue weighted by Crippen LogP contribution is -2.27. The van der Waals surface area contributed by atoms with E-state index in [0.29, 0.717) is 12.2 Å². The van der Waals surface area contributed by atoms with Gasteiger partial charge in [-0.1, -0.05) is 12.1 Å². The summed E-state index contributed by atoms with van der Waals surface area (Å²) < 4.78 is 7.25. The molecule has 27 heavy (non-hydrogen) atoms. The second-order valence-electron chi connectivity index (χ2n) is 5.96. The Balaban J connectivity index is 1.65. The number of nitrogens with zero attached hydrogens (tertiary/aromatic N) is 5. The molecule has 0 saturated carbocycles. The number of imidazole rings is 1. The molecule has 0 atom stereocenters. The summed E-state index contributed by atoms with van der Waals surface area (Å²) >= 11 is 1.43. The predicted molar refractivity (Wildman–Crippen MR) is 103 cm³/mol. The van der Waals surface area contributed by atoms with Crippen LogP contribution in [0.15, 0.2) is 54.4 Å². The van der Waals surface area contributed by atoms with E-state index in [1.165, 1.54) is 17.7 Å². The Kier molecular flexibility index (Phi) is 4.55. The van der Waals surface area contributed by atoms with E-state index in [4.69, 9.17) is 4.74 Å². The molecule has 8 heteroatoms. The SMILES string of the molecule is COc1ccccc1-c1cn2c(C(=O)N(C)Cc3ccncn3)csc2n1. The Morgan fingerprint density at radius 2 is 2.15 bits per heavy atom. The van der Waals surface area contributed by atoms with Crippen LogP contribution in [0.4, 0.5) is 0 Å². The molecule has 0 bridgehead atoms. The van der Waals surface area contributed by atoms with Gasteiger partial charge in [0.05, 0.1) is 25.0 Å². The van der Waals surface area contributed by atoms with Gasteiger partial charge < -0.3 is 9.64 Å². The summed E-state index contributed by atoms with van der Waals surface area (Å²) in [4.78, 5) is 28.0.